The first-order valence-corrected chi connectivity index (χ1v) is 10.7. The van der Waals surface area contributed by atoms with Crippen LogP contribution in [0.25, 0.3) is 0 Å². The van der Waals surface area contributed by atoms with E-state index in [4.69, 9.17) is 14.2 Å². The van der Waals surface area contributed by atoms with Crippen molar-refractivity contribution in [1.82, 2.24) is 5.32 Å². The highest BCUT2D eigenvalue weighted by Gasteiger charge is 2.29. The average molecular weight is 440 g/mol. The fourth-order valence-corrected chi connectivity index (χ4v) is 3.52. The van der Waals surface area contributed by atoms with Gasteiger partial charge in [0.1, 0.15) is 6.54 Å². The lowest BCUT2D eigenvalue weighted by Gasteiger charge is -2.21. The monoisotopic (exact) mass is 440 g/mol. The third kappa shape index (κ3) is 5.38. The van der Waals surface area contributed by atoms with Gasteiger partial charge in [-0.2, -0.15) is 0 Å². The van der Waals surface area contributed by atoms with Gasteiger partial charge in [-0.15, -0.1) is 0 Å². The number of carbonyl (C=O) groups is 3. The fraction of sp³-hybridized carbons (Fsp3) is 0.375. The molecule has 0 aliphatic carbocycles. The van der Waals surface area contributed by atoms with Crippen LogP contribution in [0.5, 0.6) is 11.5 Å². The molecule has 3 rings (SSSR count). The van der Waals surface area contributed by atoms with Crippen molar-refractivity contribution in [2.24, 2.45) is 0 Å². The zero-order chi connectivity index (χ0) is 23.1. The lowest BCUT2D eigenvalue weighted by Crippen LogP contribution is -2.41. The molecular formula is C24H28N2O6. The summed E-state index contributed by atoms with van der Waals surface area (Å²) in [7, 11) is 0. The first kappa shape index (κ1) is 23.1. The summed E-state index contributed by atoms with van der Waals surface area (Å²) in [5, 5.41) is 2.51. The van der Waals surface area contributed by atoms with Gasteiger partial charge in [-0.05, 0) is 57.0 Å². The minimum absolute atomic E-state index is 0.289. The number of fused-ring (bicyclic) bond motifs is 1. The molecule has 0 bridgehead atoms. The molecule has 1 aliphatic heterocycles. The topological polar surface area (TPSA) is 94.2 Å². The van der Waals surface area contributed by atoms with Crippen molar-refractivity contribution < 1.29 is 28.6 Å². The molecule has 0 saturated heterocycles. The second-order valence-corrected chi connectivity index (χ2v) is 7.21. The van der Waals surface area contributed by atoms with E-state index in [2.05, 4.69) is 5.32 Å². The molecule has 8 heteroatoms. The Morgan fingerprint density at radius 3 is 2.50 bits per heavy atom. The number of rotatable bonds is 9. The normalized spacial score (nSPS) is 13.2. The predicted octanol–water partition coefficient (Wildman–Crippen LogP) is 2.73. The Labute approximate surface area is 187 Å². The number of amides is 2. The van der Waals surface area contributed by atoms with Crippen LogP contribution in [-0.4, -0.2) is 50.2 Å². The van der Waals surface area contributed by atoms with Gasteiger partial charge < -0.3 is 24.4 Å². The van der Waals surface area contributed by atoms with Crippen molar-refractivity contribution in [3.8, 4) is 11.5 Å². The molecule has 2 aromatic carbocycles. The van der Waals surface area contributed by atoms with E-state index in [1.165, 1.54) is 6.92 Å². The highest BCUT2D eigenvalue weighted by molar-refractivity contribution is 6.00. The molecule has 1 heterocycles. The largest absolute Gasteiger partial charge is 0.490 e. The van der Waals surface area contributed by atoms with Crippen LogP contribution in [0.4, 0.5) is 5.69 Å². The number of nitrogens with one attached hydrogen (secondary N) is 1. The van der Waals surface area contributed by atoms with Gasteiger partial charge >= 0.3 is 5.97 Å². The van der Waals surface area contributed by atoms with Crippen molar-refractivity contribution >= 4 is 23.5 Å². The van der Waals surface area contributed by atoms with Crippen LogP contribution in [0.2, 0.25) is 0 Å². The van der Waals surface area contributed by atoms with Crippen molar-refractivity contribution in [2.75, 3.05) is 31.2 Å². The van der Waals surface area contributed by atoms with Crippen LogP contribution in [0, 0.1) is 0 Å². The summed E-state index contributed by atoms with van der Waals surface area (Å²) >= 11 is 0. The van der Waals surface area contributed by atoms with E-state index < -0.39 is 18.0 Å². The van der Waals surface area contributed by atoms with Crippen LogP contribution in [0.15, 0.2) is 42.5 Å². The van der Waals surface area contributed by atoms with E-state index >= 15 is 0 Å². The summed E-state index contributed by atoms with van der Waals surface area (Å²) in [6, 6.07) is 12.5. The fourth-order valence-electron chi connectivity index (χ4n) is 3.52. The zero-order valence-electron chi connectivity index (χ0n) is 18.6. The number of para-hydroxylation sites is 1. The molecule has 2 amide bonds. The summed E-state index contributed by atoms with van der Waals surface area (Å²) in [6.45, 7) is 6.31. The number of hydrogen-bond donors (Lipinski definition) is 1. The quantitative estimate of drug-likeness (QED) is 0.603. The third-order valence-electron chi connectivity index (χ3n) is 5.01. The number of nitrogens with zero attached hydrogens (tertiary/aromatic N) is 1. The summed E-state index contributed by atoms with van der Waals surface area (Å²) in [5.41, 5.74) is 2.25. The first-order chi connectivity index (χ1) is 15.4. The molecule has 0 saturated carbocycles. The maximum absolute atomic E-state index is 12.7. The Kier molecular flexibility index (Phi) is 7.70. The highest BCUT2D eigenvalue weighted by atomic mass is 16.5. The first-order valence-electron chi connectivity index (χ1n) is 10.7. The Bertz CT molecular complexity index is 990. The van der Waals surface area contributed by atoms with Crippen LogP contribution in [0.3, 0.4) is 0 Å². The predicted molar refractivity (Wildman–Crippen MR) is 119 cm³/mol. The van der Waals surface area contributed by atoms with Gasteiger partial charge in [0.15, 0.2) is 17.6 Å². The Morgan fingerprint density at radius 2 is 1.75 bits per heavy atom. The van der Waals surface area contributed by atoms with Gasteiger partial charge in [0.25, 0.3) is 11.8 Å². The minimum atomic E-state index is -0.958. The van der Waals surface area contributed by atoms with E-state index in [1.807, 2.05) is 38.1 Å². The molecule has 1 aliphatic rings. The lowest BCUT2D eigenvalue weighted by atomic mass is 10.2. The Hall–Kier alpha value is -3.55. The molecule has 1 N–H and O–H groups in total. The average Bonchev–Trinajstić information content (AvgIpc) is 3.22. The molecule has 170 valence electrons. The van der Waals surface area contributed by atoms with Gasteiger partial charge in [0, 0.05) is 17.8 Å². The van der Waals surface area contributed by atoms with Gasteiger partial charge in [-0.25, -0.2) is 0 Å². The molecule has 32 heavy (non-hydrogen) atoms. The molecule has 0 fully saturated rings. The number of carbonyl (C=O) groups excluding carboxylic acids is 3. The lowest BCUT2D eigenvalue weighted by molar-refractivity contribution is -0.152. The van der Waals surface area contributed by atoms with Crippen LogP contribution in [-0.2, 0) is 20.7 Å². The summed E-state index contributed by atoms with van der Waals surface area (Å²) in [4.78, 5) is 39.0. The Morgan fingerprint density at radius 1 is 1.03 bits per heavy atom. The van der Waals surface area contributed by atoms with E-state index in [-0.39, 0.29) is 12.5 Å². The molecule has 0 aromatic heterocycles. The van der Waals surface area contributed by atoms with Crippen LogP contribution < -0.4 is 19.7 Å². The molecule has 2 aromatic rings. The van der Waals surface area contributed by atoms with Crippen LogP contribution in [0.1, 0.15) is 36.7 Å². The molecular weight excluding hydrogens is 412 g/mol. The second-order valence-electron chi connectivity index (χ2n) is 7.21. The molecule has 0 unspecified atom stereocenters. The minimum Gasteiger partial charge on any atom is -0.490 e. The number of hydrogen-bond acceptors (Lipinski definition) is 6. The molecule has 8 nitrogen and oxygen atoms in total. The molecule has 0 spiro atoms. The Balaban J connectivity index is 1.54. The number of ether oxygens (including phenoxy) is 3. The summed E-state index contributed by atoms with van der Waals surface area (Å²) < 4.78 is 16.3. The SMILES string of the molecule is CCOc1ccc(C(=O)NCC(=O)O[C@@H](C)C(=O)N2CCc3ccccc32)cc1OCC. The molecule has 1 atom stereocenters. The van der Waals surface area contributed by atoms with Crippen molar-refractivity contribution in [3.05, 3.63) is 53.6 Å². The third-order valence-corrected chi connectivity index (χ3v) is 5.01. The number of anilines is 1. The van der Waals surface area contributed by atoms with E-state index in [1.54, 1.807) is 23.1 Å². The van der Waals surface area contributed by atoms with Gasteiger partial charge in [0.05, 0.1) is 13.2 Å². The number of esters is 1. The number of benzene rings is 2. The van der Waals surface area contributed by atoms with Gasteiger partial charge in [0.2, 0.25) is 0 Å². The van der Waals surface area contributed by atoms with Gasteiger partial charge in [-0.3, -0.25) is 14.4 Å². The summed E-state index contributed by atoms with van der Waals surface area (Å²) in [6.07, 6.45) is -0.189. The highest BCUT2D eigenvalue weighted by Crippen LogP contribution is 2.29. The smallest absolute Gasteiger partial charge is 0.326 e. The van der Waals surface area contributed by atoms with E-state index in [0.29, 0.717) is 36.8 Å². The van der Waals surface area contributed by atoms with E-state index in [0.717, 1.165) is 17.7 Å². The standard InChI is InChI=1S/C24H28N2O6/c1-4-30-20-11-10-18(14-21(20)31-5-2)23(28)25-15-22(27)32-16(3)24(29)26-13-12-17-8-6-7-9-19(17)26/h6-11,14,16H,4-5,12-13,15H2,1-3H3,(H,25,28)/t16-/m0/s1. The van der Waals surface area contributed by atoms with Crippen LogP contribution >= 0.6 is 0 Å². The maximum atomic E-state index is 12.7. The van der Waals surface area contributed by atoms with Crippen molar-refractivity contribution in [3.63, 3.8) is 0 Å². The molecule has 0 radical (unpaired) electrons. The summed E-state index contributed by atoms with van der Waals surface area (Å²) in [5.74, 6) is -0.445. The second kappa shape index (κ2) is 10.7. The van der Waals surface area contributed by atoms with Gasteiger partial charge in [-0.1, -0.05) is 18.2 Å². The van der Waals surface area contributed by atoms with E-state index in [9.17, 15) is 14.4 Å². The van der Waals surface area contributed by atoms with Crippen molar-refractivity contribution in [2.45, 2.75) is 33.3 Å². The van der Waals surface area contributed by atoms with Crippen molar-refractivity contribution in [1.29, 1.82) is 0 Å². The zero-order valence-corrected chi connectivity index (χ0v) is 18.6. The maximum Gasteiger partial charge on any atom is 0.326 e.